The Labute approximate surface area is 99.5 Å². The molecule has 2 rings (SSSR count). The van der Waals surface area contributed by atoms with Gasteiger partial charge in [0.15, 0.2) is 0 Å². The van der Waals surface area contributed by atoms with Crippen LogP contribution in [0.5, 0.6) is 0 Å². The van der Waals surface area contributed by atoms with Crippen LogP contribution in [0, 0.1) is 0 Å². The average Bonchev–Trinajstić information content (AvgIpc) is 2.88. The van der Waals surface area contributed by atoms with Crippen molar-refractivity contribution in [1.29, 1.82) is 0 Å². The van der Waals surface area contributed by atoms with Gasteiger partial charge >= 0.3 is 5.97 Å². The van der Waals surface area contributed by atoms with Crippen molar-refractivity contribution in [2.75, 3.05) is 6.61 Å². The predicted octanol–water partition coefficient (Wildman–Crippen LogP) is 1.02. The van der Waals surface area contributed by atoms with E-state index in [0.717, 1.165) is 19.3 Å². The van der Waals surface area contributed by atoms with Gasteiger partial charge in [-0.05, 0) is 31.8 Å². The highest BCUT2D eigenvalue weighted by atomic mass is 16.5. The fourth-order valence-corrected chi connectivity index (χ4v) is 2.19. The van der Waals surface area contributed by atoms with Gasteiger partial charge in [0.05, 0.1) is 12.0 Å². The number of rotatable bonds is 3. The lowest BCUT2D eigenvalue weighted by molar-refractivity contribution is 0.0508. The molecular formula is C11H17N3O3. The number of ether oxygens (including phenoxy) is 1. The number of hydrogen-bond acceptors (Lipinski definition) is 6. The maximum absolute atomic E-state index is 11.4. The number of carbonyl (C=O) groups excluding carboxylic acids is 1. The summed E-state index contributed by atoms with van der Waals surface area (Å²) in [4.78, 5) is 15.5. The van der Waals surface area contributed by atoms with Crippen LogP contribution in [0.1, 0.15) is 49.6 Å². The first-order valence-electron chi connectivity index (χ1n) is 5.85. The summed E-state index contributed by atoms with van der Waals surface area (Å²) >= 11 is 0. The zero-order chi connectivity index (χ0) is 12.5. The van der Waals surface area contributed by atoms with Crippen molar-refractivity contribution in [2.45, 2.75) is 44.6 Å². The highest BCUT2D eigenvalue weighted by molar-refractivity contribution is 5.84. The first-order chi connectivity index (χ1) is 8.08. The lowest BCUT2D eigenvalue weighted by Gasteiger charge is -2.23. The summed E-state index contributed by atoms with van der Waals surface area (Å²) in [6.45, 7) is 4.01. The molecule has 0 aliphatic heterocycles. The number of aromatic nitrogens is 2. The van der Waals surface area contributed by atoms with Gasteiger partial charge in [-0.25, -0.2) is 4.79 Å². The molecule has 0 saturated heterocycles. The highest BCUT2D eigenvalue weighted by Gasteiger charge is 2.43. The fraction of sp³-hybridized carbons (Fsp3) is 0.727. The molecule has 1 aliphatic rings. The van der Waals surface area contributed by atoms with E-state index in [-0.39, 0.29) is 17.3 Å². The summed E-state index contributed by atoms with van der Waals surface area (Å²) in [5, 5.41) is 3.64. The minimum absolute atomic E-state index is 0.00186. The van der Waals surface area contributed by atoms with E-state index in [1.54, 1.807) is 6.92 Å². The van der Waals surface area contributed by atoms with E-state index < -0.39 is 5.97 Å². The van der Waals surface area contributed by atoms with Crippen molar-refractivity contribution in [3.8, 4) is 0 Å². The molecule has 1 aromatic heterocycles. The third-order valence-corrected chi connectivity index (χ3v) is 3.40. The summed E-state index contributed by atoms with van der Waals surface area (Å²) in [6, 6.07) is -0.00186. The summed E-state index contributed by atoms with van der Waals surface area (Å²) in [5.74, 6) is -0.148. The number of esters is 1. The lowest BCUT2D eigenvalue weighted by atomic mass is 9.85. The van der Waals surface area contributed by atoms with Crippen LogP contribution >= 0.6 is 0 Å². The Hall–Kier alpha value is -1.43. The van der Waals surface area contributed by atoms with Gasteiger partial charge in [-0.1, -0.05) is 6.42 Å². The number of hydrogen-bond donors (Lipinski definition) is 1. The first-order valence-corrected chi connectivity index (χ1v) is 5.85. The second-order valence-corrected chi connectivity index (χ2v) is 4.56. The van der Waals surface area contributed by atoms with E-state index in [2.05, 4.69) is 10.1 Å². The van der Waals surface area contributed by atoms with Crippen LogP contribution < -0.4 is 5.73 Å². The van der Waals surface area contributed by atoms with Crippen LogP contribution in [-0.4, -0.2) is 28.8 Å². The normalized spacial score (nSPS) is 28.3. The van der Waals surface area contributed by atoms with Crippen molar-refractivity contribution in [3.63, 3.8) is 0 Å². The summed E-state index contributed by atoms with van der Waals surface area (Å²) in [6.07, 6.45) is 2.88. The van der Waals surface area contributed by atoms with Gasteiger partial charge in [0, 0.05) is 6.04 Å². The Balaban J connectivity index is 2.21. The minimum atomic E-state index is -0.558. The maximum Gasteiger partial charge on any atom is 0.379 e. The molecule has 0 bridgehead atoms. The quantitative estimate of drug-likeness (QED) is 0.792. The van der Waals surface area contributed by atoms with Crippen LogP contribution in [0.15, 0.2) is 4.52 Å². The molecule has 0 radical (unpaired) electrons. The molecule has 2 atom stereocenters. The molecule has 0 amide bonds. The van der Waals surface area contributed by atoms with Crippen molar-refractivity contribution in [3.05, 3.63) is 11.7 Å². The molecule has 17 heavy (non-hydrogen) atoms. The molecule has 2 N–H and O–H groups in total. The molecule has 1 aromatic rings. The lowest BCUT2D eigenvalue weighted by Crippen LogP contribution is -2.38. The van der Waals surface area contributed by atoms with Gasteiger partial charge < -0.3 is 15.0 Å². The topological polar surface area (TPSA) is 91.2 Å². The largest absolute Gasteiger partial charge is 0.460 e. The van der Waals surface area contributed by atoms with Gasteiger partial charge in [0.1, 0.15) is 0 Å². The van der Waals surface area contributed by atoms with E-state index in [4.69, 9.17) is 15.0 Å². The highest BCUT2D eigenvalue weighted by Crippen LogP contribution is 2.38. The van der Waals surface area contributed by atoms with Gasteiger partial charge in [0.2, 0.25) is 5.89 Å². The van der Waals surface area contributed by atoms with E-state index in [1.165, 1.54) is 0 Å². The summed E-state index contributed by atoms with van der Waals surface area (Å²) in [5.41, 5.74) is 5.72. The molecular weight excluding hydrogens is 222 g/mol. The summed E-state index contributed by atoms with van der Waals surface area (Å²) < 4.78 is 9.96. The number of nitrogens with zero attached hydrogens (tertiary/aromatic N) is 2. The molecule has 6 heteroatoms. The van der Waals surface area contributed by atoms with Crippen LogP contribution in [0.2, 0.25) is 0 Å². The van der Waals surface area contributed by atoms with Crippen molar-refractivity contribution >= 4 is 5.97 Å². The van der Waals surface area contributed by atoms with Gasteiger partial charge in [-0.3, -0.25) is 0 Å². The van der Waals surface area contributed by atoms with E-state index in [1.807, 2.05) is 6.92 Å². The monoisotopic (exact) mass is 239 g/mol. The fourth-order valence-electron chi connectivity index (χ4n) is 2.19. The molecule has 1 aliphatic carbocycles. The molecule has 1 saturated carbocycles. The second kappa shape index (κ2) is 4.44. The van der Waals surface area contributed by atoms with Gasteiger partial charge in [0.25, 0.3) is 5.82 Å². The van der Waals surface area contributed by atoms with Crippen LogP contribution in [0.4, 0.5) is 0 Å². The number of nitrogens with two attached hydrogens (primary N) is 1. The molecule has 94 valence electrons. The van der Waals surface area contributed by atoms with Gasteiger partial charge in [-0.2, -0.15) is 4.98 Å². The first kappa shape index (κ1) is 12.0. The molecule has 0 spiro atoms. The SMILES string of the molecule is CCOC(=O)c1noc(C2(C)CCCC2N)n1. The van der Waals surface area contributed by atoms with Crippen molar-refractivity contribution in [2.24, 2.45) is 5.73 Å². The number of carbonyl (C=O) groups is 1. The zero-order valence-electron chi connectivity index (χ0n) is 10.1. The van der Waals surface area contributed by atoms with E-state index >= 15 is 0 Å². The van der Waals surface area contributed by atoms with Crippen LogP contribution in [0.3, 0.4) is 0 Å². The van der Waals surface area contributed by atoms with Crippen LogP contribution in [-0.2, 0) is 10.2 Å². The Morgan fingerprint density at radius 2 is 2.47 bits per heavy atom. The third-order valence-electron chi connectivity index (χ3n) is 3.40. The zero-order valence-corrected chi connectivity index (χ0v) is 10.1. The van der Waals surface area contributed by atoms with Crippen molar-refractivity contribution < 1.29 is 14.1 Å². The minimum Gasteiger partial charge on any atom is -0.460 e. The molecule has 6 nitrogen and oxygen atoms in total. The van der Waals surface area contributed by atoms with E-state index in [0.29, 0.717) is 12.5 Å². The van der Waals surface area contributed by atoms with Crippen LogP contribution in [0.25, 0.3) is 0 Å². The Kier molecular flexibility index (Phi) is 3.15. The van der Waals surface area contributed by atoms with E-state index in [9.17, 15) is 4.79 Å². The standard InChI is InChI=1S/C11H17N3O3/c1-3-16-9(15)8-13-10(17-14-8)11(2)6-4-5-7(11)12/h7H,3-6,12H2,1-2H3. The smallest absolute Gasteiger partial charge is 0.379 e. The molecule has 0 aromatic carbocycles. The average molecular weight is 239 g/mol. The molecule has 1 fully saturated rings. The molecule has 2 unspecified atom stereocenters. The second-order valence-electron chi connectivity index (χ2n) is 4.56. The maximum atomic E-state index is 11.4. The molecule has 1 heterocycles. The van der Waals surface area contributed by atoms with Crippen molar-refractivity contribution in [1.82, 2.24) is 10.1 Å². The predicted molar refractivity (Wildman–Crippen MR) is 59.4 cm³/mol. The Morgan fingerprint density at radius 1 is 1.71 bits per heavy atom. The Morgan fingerprint density at radius 3 is 3.06 bits per heavy atom. The summed E-state index contributed by atoms with van der Waals surface area (Å²) in [7, 11) is 0. The van der Waals surface area contributed by atoms with Gasteiger partial charge in [-0.15, -0.1) is 0 Å². The Bertz CT molecular complexity index is 418. The third kappa shape index (κ3) is 2.04.